The Kier molecular flexibility index (Phi) is 5.89. The van der Waals surface area contributed by atoms with Gasteiger partial charge in [0.25, 0.3) is 11.5 Å². The largest absolute Gasteiger partial charge is 0.371 e. The number of nitrogens with zero attached hydrogens (tertiary/aromatic N) is 4. The Morgan fingerprint density at radius 3 is 2.61 bits per heavy atom. The molecule has 6 rings (SSSR count). The molecule has 184 valence electrons. The van der Waals surface area contributed by atoms with E-state index in [1.165, 1.54) is 0 Å². The number of hydrogen-bond donors (Lipinski definition) is 1. The maximum Gasteiger partial charge on any atom is 0.273 e. The van der Waals surface area contributed by atoms with Gasteiger partial charge < -0.3 is 19.5 Å². The summed E-state index contributed by atoms with van der Waals surface area (Å²) in [7, 11) is 1.77. The highest BCUT2D eigenvalue weighted by atomic mass is 16.5. The molecule has 3 aromatic rings. The molecule has 5 heterocycles. The second kappa shape index (κ2) is 8.92. The highest BCUT2D eigenvalue weighted by Gasteiger charge is 2.39. The van der Waals surface area contributed by atoms with Crippen LogP contribution < -0.4 is 15.8 Å². The van der Waals surface area contributed by atoms with Crippen LogP contribution in [0.15, 0.2) is 53.6 Å². The average Bonchev–Trinajstić information content (AvgIpc) is 2.86. The summed E-state index contributed by atoms with van der Waals surface area (Å²) < 4.78 is 7.36. The number of anilines is 2. The first-order valence-corrected chi connectivity index (χ1v) is 12.1. The minimum Gasteiger partial charge on any atom is -0.371 e. The number of pyridine rings is 2. The summed E-state index contributed by atoms with van der Waals surface area (Å²) in [4.78, 5) is 32.4. The lowest BCUT2D eigenvalue weighted by Crippen LogP contribution is -2.58. The molecule has 36 heavy (non-hydrogen) atoms. The number of nitriles is 1. The van der Waals surface area contributed by atoms with Crippen molar-refractivity contribution >= 4 is 17.3 Å². The smallest absolute Gasteiger partial charge is 0.273 e. The van der Waals surface area contributed by atoms with Crippen molar-refractivity contribution in [1.82, 2.24) is 9.55 Å². The lowest BCUT2D eigenvalue weighted by atomic mass is 9.90. The highest BCUT2D eigenvalue weighted by Crippen LogP contribution is 2.33. The van der Waals surface area contributed by atoms with Gasteiger partial charge >= 0.3 is 0 Å². The van der Waals surface area contributed by atoms with Gasteiger partial charge in [0.05, 0.1) is 29.4 Å². The SMILES string of the molecule is Cc1ccc(NC(=O)c2ccnc(C(C)(C)C#N)c2)cc1-c1cc(N2CC3CC(C2)O3)c(=O)n(C)c1. The third kappa shape index (κ3) is 4.38. The molecule has 3 fully saturated rings. The van der Waals surface area contributed by atoms with Crippen LogP contribution in [0.1, 0.15) is 41.9 Å². The molecule has 8 heteroatoms. The van der Waals surface area contributed by atoms with E-state index in [1.807, 2.05) is 37.4 Å². The average molecular weight is 484 g/mol. The number of aromatic nitrogens is 2. The van der Waals surface area contributed by atoms with Crippen LogP contribution in [0.5, 0.6) is 0 Å². The van der Waals surface area contributed by atoms with E-state index in [4.69, 9.17) is 4.74 Å². The highest BCUT2D eigenvalue weighted by molar-refractivity contribution is 6.04. The number of rotatable bonds is 5. The van der Waals surface area contributed by atoms with E-state index in [0.717, 1.165) is 36.2 Å². The normalized spacial score (nSPS) is 18.8. The summed E-state index contributed by atoms with van der Waals surface area (Å²) in [6.07, 6.45) is 4.84. The lowest BCUT2D eigenvalue weighted by molar-refractivity contribution is -0.133. The number of fused-ring (bicyclic) bond motifs is 2. The number of hydrogen-bond acceptors (Lipinski definition) is 6. The number of morpholine rings is 1. The number of aryl methyl sites for hydroxylation is 2. The summed E-state index contributed by atoms with van der Waals surface area (Å²) in [6, 6.07) is 13.2. The molecule has 3 aliphatic rings. The van der Waals surface area contributed by atoms with Crippen LogP contribution in [0.2, 0.25) is 0 Å². The van der Waals surface area contributed by atoms with E-state index in [-0.39, 0.29) is 23.7 Å². The van der Waals surface area contributed by atoms with Gasteiger partial charge in [0.2, 0.25) is 0 Å². The topological polar surface area (TPSA) is 100 Å². The molecule has 2 bridgehead atoms. The van der Waals surface area contributed by atoms with Crippen LogP contribution in [0, 0.1) is 18.3 Å². The standard InChI is InChI=1S/C28H29N5O3/c1-17-5-6-20(31-26(34)18-7-8-30-25(10-18)28(2,3)16-29)11-23(17)19-9-24(27(35)32(4)13-19)33-14-21-12-22(15-33)36-21/h5-11,13,21-22H,12,14-15H2,1-4H3,(H,31,34). The molecule has 2 unspecified atom stereocenters. The molecule has 3 aliphatic heterocycles. The molecular formula is C28H29N5O3. The fraction of sp³-hybridized carbons (Fsp3) is 0.357. The monoisotopic (exact) mass is 483 g/mol. The van der Waals surface area contributed by atoms with Crippen molar-refractivity contribution < 1.29 is 9.53 Å². The number of ether oxygens (including phenoxy) is 1. The Balaban J connectivity index is 1.44. The van der Waals surface area contributed by atoms with Crippen LogP contribution in [0.3, 0.4) is 0 Å². The number of carbonyl (C=O) groups is 1. The van der Waals surface area contributed by atoms with E-state index in [1.54, 1.807) is 43.8 Å². The van der Waals surface area contributed by atoms with Gasteiger partial charge in [-0.2, -0.15) is 5.26 Å². The van der Waals surface area contributed by atoms with Gasteiger partial charge in [0, 0.05) is 55.8 Å². The van der Waals surface area contributed by atoms with Crippen LogP contribution in [0.25, 0.3) is 11.1 Å². The van der Waals surface area contributed by atoms with Gasteiger partial charge in [-0.3, -0.25) is 14.6 Å². The van der Waals surface area contributed by atoms with E-state index in [9.17, 15) is 14.9 Å². The van der Waals surface area contributed by atoms with Crippen LogP contribution in [-0.4, -0.2) is 40.8 Å². The van der Waals surface area contributed by atoms with Crippen molar-refractivity contribution in [2.75, 3.05) is 23.3 Å². The molecular weight excluding hydrogens is 454 g/mol. The van der Waals surface area contributed by atoms with Crippen molar-refractivity contribution in [3.8, 4) is 17.2 Å². The van der Waals surface area contributed by atoms with Crippen molar-refractivity contribution in [2.45, 2.75) is 44.8 Å². The minimum absolute atomic E-state index is 0.0315. The Morgan fingerprint density at radius 2 is 1.92 bits per heavy atom. The molecule has 1 aromatic carbocycles. The van der Waals surface area contributed by atoms with Gasteiger partial charge in [-0.1, -0.05) is 6.07 Å². The second-order valence-electron chi connectivity index (χ2n) is 10.2. The van der Waals surface area contributed by atoms with Gasteiger partial charge in [-0.05, 0) is 62.2 Å². The van der Waals surface area contributed by atoms with Crippen LogP contribution >= 0.6 is 0 Å². The van der Waals surface area contributed by atoms with E-state index in [2.05, 4.69) is 21.3 Å². The molecule has 2 atom stereocenters. The third-order valence-electron chi connectivity index (χ3n) is 7.01. The van der Waals surface area contributed by atoms with Gasteiger partial charge in [-0.15, -0.1) is 0 Å². The number of amides is 1. The quantitative estimate of drug-likeness (QED) is 0.593. The first-order chi connectivity index (χ1) is 17.1. The summed E-state index contributed by atoms with van der Waals surface area (Å²) >= 11 is 0. The zero-order valence-corrected chi connectivity index (χ0v) is 20.9. The van der Waals surface area contributed by atoms with Gasteiger partial charge in [0.15, 0.2) is 0 Å². The number of piperidine rings is 1. The van der Waals surface area contributed by atoms with Crippen molar-refractivity contribution in [1.29, 1.82) is 5.26 Å². The zero-order valence-electron chi connectivity index (χ0n) is 20.9. The number of benzene rings is 1. The first-order valence-electron chi connectivity index (χ1n) is 12.1. The Morgan fingerprint density at radius 1 is 1.19 bits per heavy atom. The van der Waals surface area contributed by atoms with Gasteiger partial charge in [0.1, 0.15) is 5.69 Å². The summed E-state index contributed by atoms with van der Waals surface area (Å²) in [5.41, 5.74) is 4.33. The summed E-state index contributed by atoms with van der Waals surface area (Å²) in [6.45, 7) is 6.99. The van der Waals surface area contributed by atoms with Crippen molar-refractivity contribution in [3.63, 3.8) is 0 Å². The summed E-state index contributed by atoms with van der Waals surface area (Å²) in [5, 5.41) is 12.4. The van der Waals surface area contributed by atoms with Crippen LogP contribution in [-0.2, 0) is 17.2 Å². The molecule has 0 saturated carbocycles. The number of carbonyl (C=O) groups excluding carboxylic acids is 1. The van der Waals surface area contributed by atoms with E-state index in [0.29, 0.717) is 22.6 Å². The van der Waals surface area contributed by atoms with Crippen molar-refractivity contribution in [3.05, 3.63) is 76.0 Å². The summed E-state index contributed by atoms with van der Waals surface area (Å²) in [5.74, 6) is -0.282. The number of nitrogens with one attached hydrogen (secondary N) is 1. The molecule has 0 aliphatic carbocycles. The lowest BCUT2D eigenvalue weighted by Gasteiger charge is -2.47. The van der Waals surface area contributed by atoms with Crippen molar-refractivity contribution in [2.24, 2.45) is 7.05 Å². The third-order valence-corrected chi connectivity index (χ3v) is 7.01. The fourth-order valence-corrected chi connectivity index (χ4v) is 4.81. The maximum atomic E-state index is 13.0. The molecule has 1 N–H and O–H groups in total. The molecule has 1 amide bonds. The van der Waals surface area contributed by atoms with Gasteiger partial charge in [-0.25, -0.2) is 0 Å². The molecule has 0 spiro atoms. The minimum atomic E-state index is -0.796. The Labute approximate surface area is 210 Å². The van der Waals surface area contributed by atoms with E-state index < -0.39 is 5.41 Å². The predicted molar refractivity (Wildman–Crippen MR) is 138 cm³/mol. The Bertz CT molecular complexity index is 1440. The first kappa shape index (κ1) is 23.8. The predicted octanol–water partition coefficient (Wildman–Crippen LogP) is 3.79. The fourth-order valence-electron chi connectivity index (χ4n) is 4.81. The maximum absolute atomic E-state index is 13.0. The second-order valence-corrected chi connectivity index (χ2v) is 10.2. The van der Waals surface area contributed by atoms with E-state index >= 15 is 0 Å². The van der Waals surface area contributed by atoms with Crippen LogP contribution in [0.4, 0.5) is 11.4 Å². The molecule has 8 nitrogen and oxygen atoms in total. The molecule has 0 radical (unpaired) electrons. The molecule has 3 saturated heterocycles. The Hall–Kier alpha value is -3.96. The molecule has 2 aromatic heterocycles. The zero-order chi connectivity index (χ0) is 25.6.